The van der Waals surface area contributed by atoms with Gasteiger partial charge in [0.05, 0.1) is 0 Å². The lowest BCUT2D eigenvalue weighted by Crippen LogP contribution is -3.00. The Labute approximate surface area is 216 Å². The summed E-state index contributed by atoms with van der Waals surface area (Å²) in [5.41, 5.74) is 0. The molecule has 194 valence electrons. The maximum atomic E-state index is 5.59. The molecule has 0 saturated heterocycles. The van der Waals surface area contributed by atoms with Gasteiger partial charge in [0.15, 0.2) is 18.4 Å². The average molecular weight is 547 g/mol. The van der Waals surface area contributed by atoms with E-state index in [9.17, 15) is 0 Å². The highest BCUT2D eigenvalue weighted by Crippen LogP contribution is 2.22. The molecule has 0 spiro atoms. The largest absolute Gasteiger partial charge is 1.00 e. The van der Waals surface area contributed by atoms with E-state index < -0.39 is 8.80 Å². The first-order valence-corrected chi connectivity index (χ1v) is 15.3. The van der Waals surface area contributed by atoms with E-state index >= 15 is 0 Å². The summed E-state index contributed by atoms with van der Waals surface area (Å²) in [6.07, 6.45) is 26.1. The van der Waals surface area contributed by atoms with Crippen LogP contribution in [0.5, 0.6) is 0 Å². The van der Waals surface area contributed by atoms with Crippen LogP contribution in [0.25, 0.3) is 0 Å². The Bertz CT molecular complexity index is 523. The highest BCUT2D eigenvalue weighted by atomic mass is 79.9. The summed E-state index contributed by atoms with van der Waals surface area (Å²) in [4.78, 5) is 0. The molecule has 0 radical (unpaired) electrons. The molecule has 33 heavy (non-hydrogen) atoms. The Morgan fingerprint density at radius 3 is 1.48 bits per heavy atom. The van der Waals surface area contributed by atoms with Gasteiger partial charge >= 0.3 is 8.80 Å². The molecule has 0 amide bonds. The topological polar surface area (TPSA) is 31.6 Å². The standard InChI is InChI=1S/C27H52NO3Si.BrH/c1-5-6-7-8-9-10-11-12-13-14-15-16-18-22-27(28-24-19-17-20-25-28)23-21-26-32(29-2,30-3)31-4;/h17,19-20,24-25,27H,5-16,18,21-23,26H2,1-4H3;1H/q+1;/p-1. The molecular formula is C27H52BrNO3Si. The van der Waals surface area contributed by atoms with Crippen LogP contribution in [-0.4, -0.2) is 30.1 Å². The minimum atomic E-state index is -2.47. The zero-order chi connectivity index (χ0) is 23.3. The second-order valence-corrected chi connectivity index (χ2v) is 12.3. The zero-order valence-corrected chi connectivity index (χ0v) is 24.6. The van der Waals surface area contributed by atoms with Gasteiger partial charge in [0, 0.05) is 52.3 Å². The van der Waals surface area contributed by atoms with E-state index in [-0.39, 0.29) is 17.0 Å². The van der Waals surface area contributed by atoms with E-state index in [2.05, 4.69) is 42.1 Å². The Balaban J connectivity index is 0.0000102. The molecule has 1 aromatic heterocycles. The number of unbranched alkanes of at least 4 members (excludes halogenated alkanes) is 12. The van der Waals surface area contributed by atoms with Gasteiger partial charge < -0.3 is 30.3 Å². The van der Waals surface area contributed by atoms with E-state index in [0.717, 1.165) is 18.9 Å². The molecule has 0 aliphatic carbocycles. The van der Waals surface area contributed by atoms with E-state index in [0.29, 0.717) is 6.04 Å². The van der Waals surface area contributed by atoms with Crippen molar-refractivity contribution in [3.63, 3.8) is 0 Å². The van der Waals surface area contributed by atoms with Crippen molar-refractivity contribution in [3.8, 4) is 0 Å². The van der Waals surface area contributed by atoms with E-state index in [1.807, 2.05) is 0 Å². The Hall–Kier alpha value is -0.273. The number of halogens is 1. The maximum Gasteiger partial charge on any atom is 0.500 e. The number of aromatic nitrogens is 1. The highest BCUT2D eigenvalue weighted by Gasteiger charge is 2.37. The van der Waals surface area contributed by atoms with Gasteiger partial charge in [-0.15, -0.1) is 0 Å². The van der Waals surface area contributed by atoms with E-state index in [4.69, 9.17) is 13.3 Å². The molecule has 1 rings (SSSR count). The second-order valence-electron chi connectivity index (χ2n) is 9.20. The summed E-state index contributed by atoms with van der Waals surface area (Å²) >= 11 is 0. The van der Waals surface area contributed by atoms with Crippen molar-refractivity contribution in [2.45, 2.75) is 122 Å². The summed E-state index contributed by atoms with van der Waals surface area (Å²) < 4.78 is 19.2. The quantitative estimate of drug-likeness (QED) is 0.121. The molecule has 6 heteroatoms. The summed E-state index contributed by atoms with van der Waals surface area (Å²) in [6, 6.07) is 7.78. The maximum absolute atomic E-state index is 5.59. The van der Waals surface area contributed by atoms with Gasteiger partial charge in [0.25, 0.3) is 0 Å². The minimum absolute atomic E-state index is 0. The fraction of sp³-hybridized carbons (Fsp3) is 0.815. The van der Waals surface area contributed by atoms with Gasteiger partial charge in [-0.05, 0) is 12.8 Å². The van der Waals surface area contributed by atoms with Crippen molar-refractivity contribution in [3.05, 3.63) is 30.6 Å². The molecule has 0 aliphatic rings. The van der Waals surface area contributed by atoms with Crippen LogP contribution in [0.15, 0.2) is 30.6 Å². The molecule has 0 aliphatic heterocycles. The molecule has 0 bridgehead atoms. The Kier molecular flexibility index (Phi) is 22.0. The average Bonchev–Trinajstić information content (AvgIpc) is 2.84. The van der Waals surface area contributed by atoms with Crippen LogP contribution in [0, 0.1) is 0 Å². The predicted octanol–water partition coefficient (Wildman–Crippen LogP) is 4.66. The fourth-order valence-corrected chi connectivity index (χ4v) is 6.36. The SMILES string of the molecule is CCCCCCCCCCCCCCCC(CCC[Si](OC)(OC)OC)[n+]1ccccc1.[Br-]. The van der Waals surface area contributed by atoms with Crippen molar-refractivity contribution in [1.82, 2.24) is 0 Å². The molecule has 1 unspecified atom stereocenters. The van der Waals surface area contributed by atoms with Crippen molar-refractivity contribution in [2.24, 2.45) is 0 Å². The van der Waals surface area contributed by atoms with Crippen molar-refractivity contribution < 1.29 is 34.8 Å². The van der Waals surface area contributed by atoms with Crippen LogP contribution in [0.3, 0.4) is 0 Å². The molecular weight excluding hydrogens is 494 g/mol. The smallest absolute Gasteiger partial charge is 0.500 e. The first kappa shape index (κ1) is 32.7. The third-order valence-electron chi connectivity index (χ3n) is 6.75. The van der Waals surface area contributed by atoms with Gasteiger partial charge in [0.1, 0.15) is 0 Å². The van der Waals surface area contributed by atoms with Crippen LogP contribution in [0.2, 0.25) is 6.04 Å². The van der Waals surface area contributed by atoms with Gasteiger partial charge in [-0.1, -0.05) is 90.0 Å². The number of pyridine rings is 1. The highest BCUT2D eigenvalue weighted by molar-refractivity contribution is 6.60. The normalized spacial score (nSPS) is 12.5. The summed E-state index contributed by atoms with van der Waals surface area (Å²) in [6.45, 7) is 2.29. The molecule has 4 nitrogen and oxygen atoms in total. The summed E-state index contributed by atoms with van der Waals surface area (Å²) in [5.74, 6) is 0. The first-order chi connectivity index (χ1) is 15.7. The Morgan fingerprint density at radius 2 is 1.03 bits per heavy atom. The Morgan fingerprint density at radius 1 is 0.606 bits per heavy atom. The summed E-state index contributed by atoms with van der Waals surface area (Å²) in [5, 5.41) is 0. The zero-order valence-electron chi connectivity index (χ0n) is 22.0. The van der Waals surface area contributed by atoms with Gasteiger partial charge in [-0.2, -0.15) is 0 Å². The van der Waals surface area contributed by atoms with E-state index in [1.165, 1.54) is 89.9 Å². The van der Waals surface area contributed by atoms with Crippen LogP contribution < -0.4 is 21.5 Å². The van der Waals surface area contributed by atoms with Gasteiger partial charge in [-0.25, -0.2) is 4.57 Å². The molecule has 0 fully saturated rings. The van der Waals surface area contributed by atoms with Crippen molar-refractivity contribution >= 4 is 8.80 Å². The van der Waals surface area contributed by atoms with Crippen LogP contribution in [-0.2, 0) is 13.3 Å². The van der Waals surface area contributed by atoms with Crippen LogP contribution in [0.1, 0.15) is 116 Å². The molecule has 1 heterocycles. The number of nitrogens with zero attached hydrogens (tertiary/aromatic N) is 1. The number of hydrogen-bond acceptors (Lipinski definition) is 3. The molecule has 0 aromatic carbocycles. The lowest BCUT2D eigenvalue weighted by atomic mass is 10.0. The number of rotatable bonds is 22. The van der Waals surface area contributed by atoms with E-state index in [1.54, 1.807) is 21.3 Å². The number of hydrogen-bond donors (Lipinski definition) is 0. The van der Waals surface area contributed by atoms with Crippen molar-refractivity contribution in [1.29, 1.82) is 0 Å². The van der Waals surface area contributed by atoms with Gasteiger partial charge in [-0.3, -0.25) is 0 Å². The third-order valence-corrected chi connectivity index (χ3v) is 9.59. The van der Waals surface area contributed by atoms with Gasteiger partial charge in [0.2, 0.25) is 0 Å². The molecule has 0 N–H and O–H groups in total. The second kappa shape index (κ2) is 22.2. The fourth-order valence-electron chi connectivity index (χ4n) is 4.61. The van der Waals surface area contributed by atoms with Crippen LogP contribution in [0.4, 0.5) is 0 Å². The molecule has 1 aromatic rings. The monoisotopic (exact) mass is 545 g/mol. The summed E-state index contributed by atoms with van der Waals surface area (Å²) in [7, 11) is 2.65. The van der Waals surface area contributed by atoms with Crippen molar-refractivity contribution in [2.75, 3.05) is 21.3 Å². The lowest BCUT2D eigenvalue weighted by Gasteiger charge is -2.24. The predicted molar refractivity (Wildman–Crippen MR) is 137 cm³/mol. The molecule has 1 atom stereocenters. The molecule has 0 saturated carbocycles. The minimum Gasteiger partial charge on any atom is -1.00 e. The van der Waals surface area contributed by atoms with Crippen LogP contribution >= 0.6 is 0 Å². The third kappa shape index (κ3) is 15.4. The first-order valence-electron chi connectivity index (χ1n) is 13.3. The lowest BCUT2D eigenvalue weighted by molar-refractivity contribution is -0.724.